The summed E-state index contributed by atoms with van der Waals surface area (Å²) < 4.78 is 0. The number of aliphatic hydroxyl groups excluding tert-OH is 2. The maximum absolute atomic E-state index is 15.4. The van der Waals surface area contributed by atoms with Crippen molar-refractivity contribution in [3.8, 4) is 0 Å². The Morgan fingerprint density at radius 3 is 1.56 bits per heavy atom. The maximum atomic E-state index is 15.4. The number of primary amides is 2. The number of nitrogens with two attached hydrogens (primary N) is 2. The van der Waals surface area contributed by atoms with E-state index in [1.165, 1.54) is 98.1 Å². The second-order valence-electron chi connectivity index (χ2n) is 29.8. The predicted molar refractivity (Wildman–Crippen MR) is 444 cm³/mol. The van der Waals surface area contributed by atoms with E-state index >= 15 is 24.0 Å². The fourth-order valence-electron chi connectivity index (χ4n) is 13.5. The van der Waals surface area contributed by atoms with Gasteiger partial charge < -0.3 is 95.7 Å². The van der Waals surface area contributed by atoms with E-state index in [4.69, 9.17) is 23.1 Å². The molecule has 0 spiro atoms. The predicted octanol–water partition coefficient (Wildman–Crippen LogP) is 0.538. The molecule has 640 valence electrons. The van der Waals surface area contributed by atoms with Gasteiger partial charge in [-0.15, -0.1) is 0 Å². The Kier molecular flexibility index (Phi) is 33.7. The van der Waals surface area contributed by atoms with E-state index < -0.39 is 181 Å². The van der Waals surface area contributed by atoms with Gasteiger partial charge in [-0.3, -0.25) is 77.6 Å². The molecule has 4 heterocycles. The van der Waals surface area contributed by atoms with Crippen LogP contribution in [0, 0.1) is 0 Å². The Morgan fingerprint density at radius 2 is 1.03 bits per heavy atom. The number of carbonyl (C=O) groups excluding carboxylic acids is 15. The molecule has 12 atom stereocenters. The third-order valence-corrected chi connectivity index (χ3v) is 20.3. The molecule has 0 aliphatic carbocycles. The van der Waals surface area contributed by atoms with Crippen LogP contribution in [-0.4, -0.2) is 212 Å². The van der Waals surface area contributed by atoms with Crippen molar-refractivity contribution in [2.75, 3.05) is 30.3 Å². The lowest BCUT2D eigenvalue weighted by Crippen LogP contribution is -2.62. The van der Waals surface area contributed by atoms with Crippen molar-refractivity contribution in [2.45, 2.75) is 177 Å². The first kappa shape index (κ1) is 91.6. The molecule has 2 aliphatic rings. The third kappa shape index (κ3) is 27.9. The van der Waals surface area contributed by atoms with E-state index in [1.807, 2.05) is 55.6 Å². The Labute approximate surface area is 701 Å². The van der Waals surface area contributed by atoms with Crippen LogP contribution in [0.3, 0.4) is 0 Å². The fraction of sp³-hybridized carbons (Fsp3) is 0.369. The number of rotatable bonds is 41. The summed E-state index contributed by atoms with van der Waals surface area (Å²) in [6, 6.07) is 18.6. The SMILES string of the molecule is CC(C)NCCCC[C@H](NC(=O)[C@@H](NC(=O)[C@@H](Cc1ccc(NC(N)=O)cc1)NC(=O)[C@H](Cc1ccc(NC(=O)C2CC(=O)NC(=O)N2)cc1)NC(=O)[C@H](CO)NC(=O)[C@@H](Cc1cccnc1)NC(=O)[C@@H](Cc1ccc(Cl)cc1)NC(=O)[C@@H](Cc1ccc2ccccc2c1)NC(=O)c1cccnc1)C(C)O)C(=O)N1CCC[C@H]1C(=O)N[C@H](C)C(N)=O. The maximum Gasteiger partial charge on any atom is 0.322 e. The molecule has 5 aromatic carbocycles. The summed E-state index contributed by atoms with van der Waals surface area (Å²) >= 11 is 6.30. The molecular formula is C84H100ClN19O17. The number of nitrogens with zero attached hydrogens (tertiary/aromatic N) is 3. The van der Waals surface area contributed by atoms with Crippen molar-refractivity contribution in [2.24, 2.45) is 11.5 Å². The number of halogens is 1. The Balaban J connectivity index is 1.01. The fourth-order valence-corrected chi connectivity index (χ4v) is 13.7. The molecule has 0 radical (unpaired) electrons. The van der Waals surface area contributed by atoms with Crippen LogP contribution in [0.25, 0.3) is 10.8 Å². The van der Waals surface area contributed by atoms with Crippen LogP contribution < -0.4 is 85.9 Å². The summed E-state index contributed by atoms with van der Waals surface area (Å²) in [4.78, 5) is 219. The zero-order valence-corrected chi connectivity index (χ0v) is 67.6. The van der Waals surface area contributed by atoms with Crippen molar-refractivity contribution >= 4 is 123 Å². The number of carbonyl (C=O) groups is 15. The van der Waals surface area contributed by atoms with E-state index in [-0.39, 0.29) is 73.6 Å². The van der Waals surface area contributed by atoms with E-state index in [1.54, 1.807) is 48.5 Å². The number of nitrogens with one attached hydrogen (secondary N) is 14. The number of hydrogen-bond acceptors (Lipinski definition) is 20. The summed E-state index contributed by atoms with van der Waals surface area (Å²) in [5.41, 5.74) is 13.4. The number of unbranched alkanes of at least 4 members (excludes halogenated alkanes) is 1. The van der Waals surface area contributed by atoms with Crippen LogP contribution in [0.15, 0.2) is 164 Å². The quantitative estimate of drug-likeness (QED) is 0.0233. The lowest BCUT2D eigenvalue weighted by Gasteiger charge is -2.31. The van der Waals surface area contributed by atoms with Gasteiger partial charge in [0.15, 0.2) is 0 Å². The minimum absolute atomic E-state index is 0.0157. The van der Waals surface area contributed by atoms with Gasteiger partial charge in [-0.2, -0.15) is 0 Å². The highest BCUT2D eigenvalue weighted by Crippen LogP contribution is 2.24. The number of amides is 17. The molecule has 121 heavy (non-hydrogen) atoms. The molecule has 2 aromatic heterocycles. The molecule has 36 nitrogen and oxygen atoms in total. The number of aliphatic hydroxyl groups is 2. The molecular weight excluding hydrogens is 1580 g/mol. The van der Waals surface area contributed by atoms with Crippen LogP contribution in [0.1, 0.15) is 104 Å². The highest BCUT2D eigenvalue weighted by molar-refractivity contribution is 6.30. The van der Waals surface area contributed by atoms with Crippen LogP contribution in [0.2, 0.25) is 5.02 Å². The largest absolute Gasteiger partial charge is 0.394 e. The highest BCUT2D eigenvalue weighted by atomic mass is 35.5. The number of urea groups is 2. The third-order valence-electron chi connectivity index (χ3n) is 20.0. The molecule has 20 N–H and O–H groups in total. The number of fused-ring (bicyclic) bond motifs is 1. The molecule has 17 amide bonds. The number of imide groups is 1. The molecule has 0 bridgehead atoms. The van der Waals surface area contributed by atoms with E-state index in [2.05, 4.69) is 79.1 Å². The minimum atomic E-state index is -1.97. The summed E-state index contributed by atoms with van der Waals surface area (Å²) in [5, 5.41) is 61.1. The van der Waals surface area contributed by atoms with Crippen LogP contribution in [-0.2, 0) is 89.6 Å². The summed E-state index contributed by atoms with van der Waals surface area (Å²) in [7, 11) is 0. The lowest BCUT2D eigenvalue weighted by atomic mass is 9.99. The first-order valence-electron chi connectivity index (χ1n) is 39.4. The zero-order valence-electron chi connectivity index (χ0n) is 66.9. The zero-order chi connectivity index (χ0) is 87.4. The van der Waals surface area contributed by atoms with Gasteiger partial charge in [0.05, 0.1) is 24.7 Å². The molecule has 9 rings (SSSR count). The van der Waals surface area contributed by atoms with E-state index in [0.29, 0.717) is 53.1 Å². The van der Waals surface area contributed by atoms with E-state index in [9.17, 15) is 58.2 Å². The first-order valence-corrected chi connectivity index (χ1v) is 39.8. The number of pyridine rings is 2. The monoisotopic (exact) mass is 1680 g/mol. The molecule has 0 saturated carbocycles. The van der Waals surface area contributed by atoms with Crippen molar-refractivity contribution in [1.29, 1.82) is 0 Å². The van der Waals surface area contributed by atoms with Crippen molar-refractivity contribution in [1.82, 2.24) is 78.7 Å². The number of likely N-dealkylation sites (tertiary alicyclic amines) is 1. The molecule has 37 heteroatoms. The Hall–Kier alpha value is -13.3. The van der Waals surface area contributed by atoms with Crippen LogP contribution in [0.5, 0.6) is 0 Å². The standard InChI is InChI=1S/C84H100ClN19O17/c1-46(2)90-34-8-7-16-60(82(119)104-35-11-17-68(104)80(117)91-47(3)71(86)108)94-81(118)70(48(4)106)103-78(115)63(39-51-23-30-59(31-24-51)93-83(87)120)97-75(112)62(38-50-21-28-58(29-22-50)92-73(110)66-42-69(107)102-84(121)101-66)99-79(116)67(45-105)100-77(114)65(41-53-12-9-32-88-43-53)98-74(111)61(37-49-19-26-57(85)27-20-49)96-76(113)64(95-72(109)56-15-10-33-89-44-56)40-52-18-25-54-13-5-6-14-55(54)36-52/h5-6,9-10,12-15,18-33,36,43-44,46-48,60-68,70,90,105-106H,7-8,11,16-17,34-35,37-42,45H2,1-4H3,(H2,86,108)(H,91,117)(H,92,110)(H,94,118)(H,95,109)(H,96,113)(H,97,112)(H,98,111)(H,99,116)(H,100,114)(H,103,115)(H3,87,93,120)(H2,101,102,107,121)/t47-,48?,60+,61-,62+,63-,64-,65-,66?,67+,68+,70+/m1/s1. The topological polar surface area (TPSA) is 546 Å². The van der Waals surface area contributed by atoms with Gasteiger partial charge in [0.2, 0.25) is 70.9 Å². The Bertz CT molecular complexity index is 4840. The smallest absolute Gasteiger partial charge is 0.322 e. The second kappa shape index (κ2) is 44.5. The van der Waals surface area contributed by atoms with Crippen molar-refractivity contribution in [3.05, 3.63) is 203 Å². The van der Waals surface area contributed by atoms with Crippen molar-refractivity contribution < 1.29 is 82.1 Å². The number of hydrogen-bond donors (Lipinski definition) is 18. The number of benzene rings is 5. The molecule has 7 aromatic rings. The van der Waals surface area contributed by atoms with Gasteiger partial charge in [0.1, 0.15) is 66.5 Å². The lowest BCUT2D eigenvalue weighted by molar-refractivity contribution is -0.143. The normalized spacial score (nSPS) is 16.2. The Morgan fingerprint density at radius 1 is 0.529 bits per heavy atom. The first-order chi connectivity index (χ1) is 57.9. The number of anilines is 2. The summed E-state index contributed by atoms with van der Waals surface area (Å²) in [6.45, 7) is 5.90. The summed E-state index contributed by atoms with van der Waals surface area (Å²) in [6.07, 6.45) is 3.49. The van der Waals surface area contributed by atoms with E-state index in [0.717, 1.165) is 10.8 Å². The van der Waals surface area contributed by atoms with Gasteiger partial charge in [0.25, 0.3) is 5.91 Å². The average Bonchev–Trinajstić information content (AvgIpc) is 1.75. The van der Waals surface area contributed by atoms with Gasteiger partial charge in [0, 0.05) is 85.9 Å². The molecule has 2 aliphatic heterocycles. The van der Waals surface area contributed by atoms with Gasteiger partial charge in [-0.25, -0.2) is 9.59 Å². The van der Waals surface area contributed by atoms with Crippen molar-refractivity contribution in [3.63, 3.8) is 0 Å². The molecule has 2 fully saturated rings. The van der Waals surface area contributed by atoms with Gasteiger partial charge in [-0.1, -0.05) is 110 Å². The summed E-state index contributed by atoms with van der Waals surface area (Å²) in [5.74, 6) is -11.7. The number of aromatic nitrogens is 2. The molecule has 2 saturated heterocycles. The highest BCUT2D eigenvalue weighted by Gasteiger charge is 2.41. The van der Waals surface area contributed by atoms with Crippen LogP contribution in [0.4, 0.5) is 21.0 Å². The average molecular weight is 1680 g/mol. The molecule has 2 unspecified atom stereocenters. The van der Waals surface area contributed by atoms with Crippen LogP contribution >= 0.6 is 11.6 Å². The van der Waals surface area contributed by atoms with Gasteiger partial charge in [-0.05, 0) is 146 Å². The second-order valence-corrected chi connectivity index (χ2v) is 30.2. The van der Waals surface area contributed by atoms with Gasteiger partial charge >= 0.3 is 12.1 Å². The minimum Gasteiger partial charge on any atom is -0.394 e.